The number of rotatable bonds is 11. The lowest BCUT2D eigenvalue weighted by molar-refractivity contribution is 0.0919. The largest absolute Gasteiger partial charge is 0.507 e. The zero-order valence-electron chi connectivity index (χ0n) is 26.4. The molecule has 0 spiro atoms. The smallest absolute Gasteiger partial charge is 0.173 e. The molecule has 1 atom stereocenters. The Hall–Kier alpha value is -5.13. The Morgan fingerprint density at radius 1 is 0.578 bits per heavy atom. The summed E-state index contributed by atoms with van der Waals surface area (Å²) in [5, 5.41) is 78.3. The number of hydrogen-bond donors (Lipinski definition) is 7. The quantitative estimate of drug-likeness (QED) is 0.139. The highest BCUT2D eigenvalue weighted by atomic mass is 16.5. The fraction of sp³-hybridized carbons (Fsp3) is 0.364. The van der Waals surface area contributed by atoms with Crippen molar-refractivity contribution in [2.24, 2.45) is 5.92 Å². The van der Waals surface area contributed by atoms with E-state index in [2.05, 4.69) is 0 Å². The van der Waals surface area contributed by atoms with Crippen molar-refractivity contribution >= 4 is 17.3 Å². The Bertz CT molecular complexity index is 1620. The number of ketones is 3. The Morgan fingerprint density at radius 2 is 0.889 bits per heavy atom. The first-order valence-electron chi connectivity index (χ1n) is 14.0. The van der Waals surface area contributed by atoms with E-state index in [-0.39, 0.29) is 44.9 Å². The van der Waals surface area contributed by atoms with Gasteiger partial charge >= 0.3 is 0 Å². The lowest BCUT2D eigenvalue weighted by Crippen LogP contribution is -2.13. The van der Waals surface area contributed by atoms with Crippen LogP contribution in [0.1, 0.15) is 98.6 Å². The number of methoxy groups -OCH3 is 2. The molecular weight excluding hydrogens is 588 g/mol. The van der Waals surface area contributed by atoms with Crippen molar-refractivity contribution in [2.75, 3.05) is 14.2 Å². The van der Waals surface area contributed by atoms with Gasteiger partial charge in [-0.15, -0.1) is 0 Å². The number of hydrogen-bond acceptors (Lipinski definition) is 12. The first kappa shape index (κ1) is 34.4. The molecule has 12 nitrogen and oxygen atoms in total. The Kier molecular flexibility index (Phi) is 9.81. The van der Waals surface area contributed by atoms with E-state index in [0.29, 0.717) is 6.42 Å². The lowest BCUT2D eigenvalue weighted by atomic mass is 9.86. The van der Waals surface area contributed by atoms with Gasteiger partial charge in [-0.1, -0.05) is 13.8 Å². The summed E-state index contributed by atoms with van der Waals surface area (Å²) in [6, 6.07) is 0. The maximum Gasteiger partial charge on any atom is 0.173 e. The van der Waals surface area contributed by atoms with Gasteiger partial charge in [0.05, 0.1) is 14.2 Å². The number of benzene rings is 3. The van der Waals surface area contributed by atoms with Gasteiger partial charge in [0.15, 0.2) is 17.3 Å². The van der Waals surface area contributed by atoms with Gasteiger partial charge in [-0.2, -0.15) is 0 Å². The monoisotopic (exact) mass is 626 g/mol. The molecule has 0 heterocycles. The number of aromatic hydroxyl groups is 7. The molecule has 0 saturated carbocycles. The molecular formula is C33H38O12. The summed E-state index contributed by atoms with van der Waals surface area (Å²) in [5.74, 6) is -7.75. The third-order valence-electron chi connectivity index (χ3n) is 8.21. The summed E-state index contributed by atoms with van der Waals surface area (Å²) in [6.45, 7) is 8.44. The molecule has 0 amide bonds. The highest BCUT2D eigenvalue weighted by Crippen LogP contribution is 2.51. The number of phenols is 7. The summed E-state index contributed by atoms with van der Waals surface area (Å²) in [4.78, 5) is 38.3. The fourth-order valence-corrected chi connectivity index (χ4v) is 5.46. The molecule has 0 fully saturated rings. The number of phenolic OH excluding ortho intramolecular Hbond substituents is 7. The second-order valence-electron chi connectivity index (χ2n) is 10.9. The molecule has 3 aromatic carbocycles. The van der Waals surface area contributed by atoms with Gasteiger partial charge in [0.1, 0.15) is 68.4 Å². The van der Waals surface area contributed by atoms with Crippen molar-refractivity contribution in [3.63, 3.8) is 0 Å². The molecule has 0 aliphatic carbocycles. The van der Waals surface area contributed by atoms with Crippen LogP contribution in [0.5, 0.6) is 51.7 Å². The van der Waals surface area contributed by atoms with E-state index < -0.39 is 93.0 Å². The standard InChI is InChI=1S/C33H38O12/c1-9-12(2)24(36)23-30(42)19(10-17-25(37)13(3)32(44-7)21(15(5)34)28(17)40)27(39)20(31(23)43)11-18-26(38)14(4)33(45-8)22(16(6)35)29(18)41/h12,37-43H,9-11H2,1-8H3/t12-/m1/s1. The van der Waals surface area contributed by atoms with Gasteiger partial charge in [-0.25, -0.2) is 0 Å². The average molecular weight is 627 g/mol. The van der Waals surface area contributed by atoms with Gasteiger partial charge in [0.25, 0.3) is 0 Å². The van der Waals surface area contributed by atoms with Crippen LogP contribution in [0.4, 0.5) is 0 Å². The molecule has 0 aliphatic rings. The summed E-state index contributed by atoms with van der Waals surface area (Å²) < 4.78 is 10.4. The molecule has 0 saturated heterocycles. The minimum absolute atomic E-state index is 0.0738. The van der Waals surface area contributed by atoms with Gasteiger partial charge in [-0.3, -0.25) is 14.4 Å². The van der Waals surface area contributed by atoms with E-state index >= 15 is 0 Å². The first-order valence-corrected chi connectivity index (χ1v) is 14.0. The zero-order chi connectivity index (χ0) is 34.2. The zero-order valence-corrected chi connectivity index (χ0v) is 26.4. The summed E-state index contributed by atoms with van der Waals surface area (Å²) in [5.41, 5.74) is -2.41. The van der Waals surface area contributed by atoms with Crippen LogP contribution < -0.4 is 9.47 Å². The van der Waals surface area contributed by atoms with Crippen molar-refractivity contribution in [3.8, 4) is 51.7 Å². The summed E-state index contributed by atoms with van der Waals surface area (Å²) >= 11 is 0. The van der Waals surface area contributed by atoms with Crippen LogP contribution in [0, 0.1) is 19.8 Å². The van der Waals surface area contributed by atoms with E-state index in [1.807, 2.05) is 0 Å². The van der Waals surface area contributed by atoms with E-state index in [1.165, 1.54) is 41.9 Å². The molecule has 242 valence electrons. The average Bonchev–Trinajstić information content (AvgIpc) is 2.98. The molecule has 0 bridgehead atoms. The minimum atomic E-state index is -0.848. The van der Waals surface area contributed by atoms with Gasteiger partial charge < -0.3 is 45.2 Å². The molecule has 3 rings (SSSR count). The van der Waals surface area contributed by atoms with Crippen molar-refractivity contribution in [2.45, 2.75) is 60.8 Å². The number of carbonyl (C=O) groups is 3. The van der Waals surface area contributed by atoms with Gasteiger partial charge in [0.2, 0.25) is 0 Å². The van der Waals surface area contributed by atoms with Crippen molar-refractivity contribution in [1.29, 1.82) is 0 Å². The summed E-state index contributed by atoms with van der Waals surface area (Å²) in [6.07, 6.45) is -0.981. The topological polar surface area (TPSA) is 211 Å². The van der Waals surface area contributed by atoms with Crippen LogP contribution in [0.3, 0.4) is 0 Å². The Labute approximate surface area is 259 Å². The molecule has 45 heavy (non-hydrogen) atoms. The molecule has 3 aromatic rings. The van der Waals surface area contributed by atoms with E-state index in [4.69, 9.17) is 9.47 Å². The maximum atomic E-state index is 13.4. The molecule has 0 aromatic heterocycles. The minimum Gasteiger partial charge on any atom is -0.507 e. The normalized spacial score (nSPS) is 11.7. The van der Waals surface area contributed by atoms with Crippen LogP contribution in [-0.2, 0) is 12.8 Å². The van der Waals surface area contributed by atoms with Crippen LogP contribution in [0.2, 0.25) is 0 Å². The van der Waals surface area contributed by atoms with E-state index in [0.717, 1.165) is 0 Å². The molecule has 0 aliphatic heterocycles. The van der Waals surface area contributed by atoms with Crippen molar-refractivity contribution < 1.29 is 59.6 Å². The first-order chi connectivity index (χ1) is 21.0. The fourth-order valence-electron chi connectivity index (χ4n) is 5.46. The number of ether oxygens (including phenoxy) is 2. The number of carbonyl (C=O) groups excluding carboxylic acids is 3. The molecule has 12 heteroatoms. The molecule has 7 N–H and O–H groups in total. The summed E-state index contributed by atoms with van der Waals surface area (Å²) in [7, 11) is 2.49. The molecule has 0 unspecified atom stereocenters. The van der Waals surface area contributed by atoms with Crippen LogP contribution in [-0.4, -0.2) is 67.3 Å². The van der Waals surface area contributed by atoms with E-state index in [1.54, 1.807) is 13.8 Å². The van der Waals surface area contributed by atoms with E-state index in [9.17, 15) is 50.1 Å². The third kappa shape index (κ3) is 5.63. The predicted octanol–water partition coefficient (Wildman–Crippen LogP) is 5.08. The number of Topliss-reactive ketones (excluding diaryl/α,β-unsaturated/α-hetero) is 3. The van der Waals surface area contributed by atoms with Crippen molar-refractivity contribution in [3.05, 3.63) is 50.1 Å². The predicted molar refractivity (Wildman–Crippen MR) is 163 cm³/mol. The second kappa shape index (κ2) is 12.8. The van der Waals surface area contributed by atoms with Crippen LogP contribution in [0.25, 0.3) is 0 Å². The van der Waals surface area contributed by atoms with Crippen LogP contribution in [0.15, 0.2) is 0 Å². The van der Waals surface area contributed by atoms with Gasteiger partial charge in [0, 0.05) is 52.1 Å². The molecule has 0 radical (unpaired) electrons. The second-order valence-corrected chi connectivity index (χ2v) is 10.9. The van der Waals surface area contributed by atoms with Gasteiger partial charge in [-0.05, 0) is 34.1 Å². The maximum absolute atomic E-state index is 13.4. The van der Waals surface area contributed by atoms with Crippen molar-refractivity contribution in [1.82, 2.24) is 0 Å². The third-order valence-corrected chi connectivity index (χ3v) is 8.21. The SMILES string of the molecule is CC[C@@H](C)C(=O)c1c(O)c(Cc2c(O)c(C)c(OC)c(C(C)=O)c2O)c(O)c(Cc2c(O)c(C)c(OC)c(C(C)=O)c2O)c1O. The Balaban J connectivity index is 2.45. The highest BCUT2D eigenvalue weighted by molar-refractivity contribution is 6.04. The van der Waals surface area contributed by atoms with Crippen LogP contribution >= 0.6 is 0 Å². The lowest BCUT2D eigenvalue weighted by Gasteiger charge is -2.22. The Morgan fingerprint density at radius 3 is 1.18 bits per heavy atom. The highest BCUT2D eigenvalue weighted by Gasteiger charge is 2.34.